The lowest BCUT2D eigenvalue weighted by Crippen LogP contribution is -2.29. The third-order valence-electron chi connectivity index (χ3n) is 6.23. The summed E-state index contributed by atoms with van der Waals surface area (Å²) in [5.41, 5.74) is 1.40. The molecule has 0 spiro atoms. The Labute approximate surface area is 214 Å². The number of fused-ring (bicyclic) bond motifs is 1. The third kappa shape index (κ3) is 5.62. The summed E-state index contributed by atoms with van der Waals surface area (Å²) in [6, 6.07) is 10.6. The number of hydrogen-bond acceptors (Lipinski definition) is 8. The molecule has 1 fully saturated rings. The van der Waals surface area contributed by atoms with Crippen LogP contribution in [-0.4, -0.2) is 46.6 Å². The number of thiazole rings is 1. The number of ether oxygens (including phenoxy) is 3. The van der Waals surface area contributed by atoms with Gasteiger partial charge < -0.3 is 24.4 Å². The molecule has 2 N–H and O–H groups in total. The van der Waals surface area contributed by atoms with Crippen LogP contribution >= 0.6 is 11.3 Å². The van der Waals surface area contributed by atoms with Crippen LogP contribution < -0.4 is 9.47 Å². The molecule has 3 aromatic rings. The SMILES string of the molecule is CCOc1cc(C(O)C(Cc2nc3c(C(=O)O)cccc3s2)OC2CCCC2)cc(OCC)c1C#N. The topological polar surface area (TPSA) is 122 Å². The Morgan fingerprint density at radius 1 is 1.19 bits per heavy atom. The molecule has 8 nitrogen and oxygen atoms in total. The molecule has 0 bridgehead atoms. The van der Waals surface area contributed by atoms with Gasteiger partial charge in [-0.05, 0) is 56.5 Å². The molecule has 36 heavy (non-hydrogen) atoms. The quantitative estimate of drug-likeness (QED) is 0.358. The fourth-order valence-corrected chi connectivity index (χ4v) is 5.61. The van der Waals surface area contributed by atoms with E-state index in [0.717, 1.165) is 30.4 Å². The van der Waals surface area contributed by atoms with Crippen LogP contribution in [0, 0.1) is 11.3 Å². The van der Waals surface area contributed by atoms with Crippen molar-refractivity contribution in [3.8, 4) is 17.6 Å². The zero-order valence-electron chi connectivity index (χ0n) is 20.4. The van der Waals surface area contributed by atoms with Crippen molar-refractivity contribution < 1.29 is 29.2 Å². The first-order chi connectivity index (χ1) is 17.4. The zero-order chi connectivity index (χ0) is 25.7. The highest BCUT2D eigenvalue weighted by molar-refractivity contribution is 7.18. The molecule has 4 rings (SSSR count). The van der Waals surface area contributed by atoms with Crippen molar-refractivity contribution in [1.82, 2.24) is 4.98 Å². The van der Waals surface area contributed by atoms with Crippen molar-refractivity contribution in [2.24, 2.45) is 0 Å². The summed E-state index contributed by atoms with van der Waals surface area (Å²) in [4.78, 5) is 16.2. The van der Waals surface area contributed by atoms with Gasteiger partial charge in [-0.15, -0.1) is 11.3 Å². The standard InChI is InChI=1S/C27H30N2O6S/c1-3-33-20-12-16(13-21(34-4-2)19(20)15-28)26(30)22(35-17-8-5-6-9-17)14-24-29-25-18(27(31)32)10-7-11-23(25)36-24/h7,10-13,17,22,26,30H,3-6,8-9,14H2,1-2H3,(H,31,32). The Balaban J connectivity index is 1.70. The average molecular weight is 511 g/mol. The smallest absolute Gasteiger partial charge is 0.337 e. The lowest BCUT2D eigenvalue weighted by molar-refractivity contribution is -0.0753. The Morgan fingerprint density at radius 2 is 1.86 bits per heavy atom. The molecule has 1 aromatic heterocycles. The predicted octanol–water partition coefficient (Wildman–Crippen LogP) is 5.27. The van der Waals surface area contributed by atoms with E-state index in [0.29, 0.717) is 47.2 Å². The van der Waals surface area contributed by atoms with Gasteiger partial charge in [0.1, 0.15) is 29.2 Å². The number of aromatic nitrogens is 1. The molecule has 0 radical (unpaired) electrons. The van der Waals surface area contributed by atoms with Crippen LogP contribution in [-0.2, 0) is 11.2 Å². The lowest BCUT2D eigenvalue weighted by atomic mass is 9.99. The van der Waals surface area contributed by atoms with E-state index >= 15 is 0 Å². The molecule has 0 saturated heterocycles. The monoisotopic (exact) mass is 510 g/mol. The molecule has 0 amide bonds. The maximum atomic E-state index is 11.6. The van der Waals surface area contributed by atoms with E-state index in [1.54, 1.807) is 18.2 Å². The van der Waals surface area contributed by atoms with Crippen molar-refractivity contribution in [2.75, 3.05) is 13.2 Å². The Hall–Kier alpha value is -3.19. The van der Waals surface area contributed by atoms with Gasteiger partial charge in [0.05, 0.1) is 46.2 Å². The van der Waals surface area contributed by atoms with Crippen LogP contribution in [0.4, 0.5) is 0 Å². The van der Waals surface area contributed by atoms with Gasteiger partial charge in [-0.1, -0.05) is 18.9 Å². The van der Waals surface area contributed by atoms with Crippen LogP contribution in [0.3, 0.4) is 0 Å². The average Bonchev–Trinajstić information content (AvgIpc) is 3.52. The van der Waals surface area contributed by atoms with Gasteiger partial charge in [0.15, 0.2) is 0 Å². The van der Waals surface area contributed by atoms with Crippen molar-refractivity contribution in [3.05, 3.63) is 52.0 Å². The molecule has 1 aliphatic carbocycles. The van der Waals surface area contributed by atoms with Gasteiger partial charge in [0.25, 0.3) is 0 Å². The molecule has 0 aliphatic heterocycles. The molecule has 1 heterocycles. The van der Waals surface area contributed by atoms with E-state index in [1.807, 2.05) is 19.9 Å². The van der Waals surface area contributed by atoms with Gasteiger partial charge in [-0.2, -0.15) is 5.26 Å². The van der Waals surface area contributed by atoms with E-state index in [4.69, 9.17) is 14.2 Å². The fourth-order valence-electron chi connectivity index (χ4n) is 4.58. The van der Waals surface area contributed by atoms with Crippen molar-refractivity contribution in [2.45, 2.75) is 64.3 Å². The molecule has 1 aliphatic rings. The number of para-hydroxylation sites is 1. The highest BCUT2D eigenvalue weighted by Crippen LogP contribution is 2.37. The van der Waals surface area contributed by atoms with Crippen molar-refractivity contribution in [1.29, 1.82) is 5.26 Å². The van der Waals surface area contributed by atoms with Gasteiger partial charge in [0.2, 0.25) is 0 Å². The largest absolute Gasteiger partial charge is 0.492 e. The number of aliphatic hydroxyl groups is 1. The lowest BCUT2D eigenvalue weighted by Gasteiger charge is -2.27. The van der Waals surface area contributed by atoms with Crippen molar-refractivity contribution >= 4 is 27.5 Å². The first-order valence-electron chi connectivity index (χ1n) is 12.2. The van der Waals surface area contributed by atoms with Crippen LogP contribution in [0.15, 0.2) is 30.3 Å². The maximum absolute atomic E-state index is 11.6. The predicted molar refractivity (Wildman–Crippen MR) is 136 cm³/mol. The molecular formula is C27H30N2O6S. The summed E-state index contributed by atoms with van der Waals surface area (Å²) in [5.74, 6) is -0.322. The van der Waals surface area contributed by atoms with E-state index < -0.39 is 18.2 Å². The normalized spacial score (nSPS) is 15.5. The number of nitrogens with zero attached hydrogens (tertiary/aromatic N) is 2. The fraction of sp³-hybridized carbons (Fsp3) is 0.444. The minimum atomic E-state index is -1.04. The molecule has 2 aromatic carbocycles. The van der Waals surface area contributed by atoms with E-state index in [9.17, 15) is 20.3 Å². The summed E-state index contributed by atoms with van der Waals surface area (Å²) >= 11 is 1.40. The van der Waals surface area contributed by atoms with Gasteiger partial charge in [-0.25, -0.2) is 9.78 Å². The number of nitriles is 1. The highest BCUT2D eigenvalue weighted by Gasteiger charge is 2.30. The minimum absolute atomic E-state index is 0.0321. The number of carboxylic acid groups (broad SMARTS) is 1. The van der Waals surface area contributed by atoms with Crippen LogP contribution in [0.5, 0.6) is 11.5 Å². The van der Waals surface area contributed by atoms with Crippen molar-refractivity contribution in [3.63, 3.8) is 0 Å². The molecular weight excluding hydrogens is 480 g/mol. The molecule has 9 heteroatoms. The second-order valence-corrected chi connectivity index (χ2v) is 9.78. The summed E-state index contributed by atoms with van der Waals surface area (Å²) in [6.07, 6.45) is 2.69. The third-order valence-corrected chi connectivity index (χ3v) is 7.28. The van der Waals surface area contributed by atoms with Crippen LogP contribution in [0.2, 0.25) is 0 Å². The number of benzene rings is 2. The molecule has 2 unspecified atom stereocenters. The van der Waals surface area contributed by atoms with Gasteiger partial charge in [-0.3, -0.25) is 0 Å². The second-order valence-electron chi connectivity index (χ2n) is 8.67. The zero-order valence-corrected chi connectivity index (χ0v) is 21.2. The number of rotatable bonds is 11. The molecule has 2 atom stereocenters. The Morgan fingerprint density at radius 3 is 2.44 bits per heavy atom. The van der Waals surface area contributed by atoms with Gasteiger partial charge >= 0.3 is 5.97 Å². The van der Waals surface area contributed by atoms with Crippen LogP contribution in [0.1, 0.15) is 72.1 Å². The summed E-state index contributed by atoms with van der Waals surface area (Å²) in [6.45, 7) is 4.38. The van der Waals surface area contributed by atoms with E-state index in [2.05, 4.69) is 11.1 Å². The summed E-state index contributed by atoms with van der Waals surface area (Å²) in [7, 11) is 0. The number of aliphatic hydroxyl groups excluding tert-OH is 1. The first kappa shape index (κ1) is 25.9. The summed E-state index contributed by atoms with van der Waals surface area (Å²) in [5, 5.41) is 31.4. The Kier molecular flexibility index (Phi) is 8.41. The number of carbonyl (C=O) groups is 1. The number of hydrogen-bond donors (Lipinski definition) is 2. The van der Waals surface area contributed by atoms with Gasteiger partial charge in [0, 0.05) is 6.42 Å². The minimum Gasteiger partial charge on any atom is -0.492 e. The highest BCUT2D eigenvalue weighted by atomic mass is 32.1. The van der Waals surface area contributed by atoms with Crippen LogP contribution in [0.25, 0.3) is 10.2 Å². The number of carboxylic acids is 1. The number of aromatic carboxylic acids is 1. The first-order valence-corrected chi connectivity index (χ1v) is 13.1. The second kappa shape index (κ2) is 11.7. The molecule has 190 valence electrons. The Bertz CT molecular complexity index is 1230. The summed E-state index contributed by atoms with van der Waals surface area (Å²) < 4.78 is 18.6. The van der Waals surface area contributed by atoms with E-state index in [-0.39, 0.29) is 17.2 Å². The van der Waals surface area contributed by atoms with E-state index in [1.165, 1.54) is 17.4 Å². The molecule has 1 saturated carbocycles. The maximum Gasteiger partial charge on any atom is 0.337 e.